The molecular weight excluding hydrogens is 340 g/mol. The van der Waals surface area contributed by atoms with Gasteiger partial charge in [0.05, 0.1) is 0 Å². The van der Waals surface area contributed by atoms with E-state index in [2.05, 4.69) is 20.6 Å². The van der Waals surface area contributed by atoms with Crippen LogP contribution in [0, 0.1) is 13.8 Å². The largest absolute Gasteiger partial charge is 0.324 e. The first kappa shape index (κ1) is 18.3. The van der Waals surface area contributed by atoms with E-state index in [4.69, 9.17) is 0 Å². The Morgan fingerprint density at radius 3 is 2.37 bits per heavy atom. The van der Waals surface area contributed by atoms with Gasteiger partial charge in [-0.15, -0.1) is 0 Å². The quantitative estimate of drug-likeness (QED) is 0.663. The van der Waals surface area contributed by atoms with Crippen LogP contribution in [0.1, 0.15) is 39.0 Å². The molecule has 1 heterocycles. The van der Waals surface area contributed by atoms with Crippen LogP contribution in [-0.2, 0) is 0 Å². The highest BCUT2D eigenvalue weighted by Gasteiger charge is 2.12. The van der Waals surface area contributed by atoms with Crippen molar-refractivity contribution in [2.75, 3.05) is 10.6 Å². The third-order valence-corrected chi connectivity index (χ3v) is 3.89. The minimum Gasteiger partial charge on any atom is -0.324 e. The van der Waals surface area contributed by atoms with Crippen molar-refractivity contribution in [3.8, 4) is 0 Å². The Kier molecular flexibility index (Phi) is 5.26. The van der Waals surface area contributed by atoms with E-state index in [0.29, 0.717) is 28.6 Å². The highest BCUT2D eigenvalue weighted by atomic mass is 16.2. The van der Waals surface area contributed by atoms with E-state index in [9.17, 15) is 9.59 Å². The maximum atomic E-state index is 12.6. The molecule has 3 rings (SSSR count). The van der Waals surface area contributed by atoms with E-state index >= 15 is 0 Å². The molecule has 1 amide bonds. The van der Waals surface area contributed by atoms with Gasteiger partial charge >= 0.3 is 0 Å². The summed E-state index contributed by atoms with van der Waals surface area (Å²) in [5.74, 6) is -0.0428. The van der Waals surface area contributed by atoms with Gasteiger partial charge in [0.15, 0.2) is 5.78 Å². The molecular formula is C21H20N4O2. The van der Waals surface area contributed by atoms with Crippen molar-refractivity contribution in [3.63, 3.8) is 0 Å². The van der Waals surface area contributed by atoms with Gasteiger partial charge in [-0.3, -0.25) is 9.59 Å². The zero-order valence-electron chi connectivity index (χ0n) is 15.4. The van der Waals surface area contributed by atoms with E-state index in [1.165, 1.54) is 6.92 Å². The van der Waals surface area contributed by atoms with Gasteiger partial charge in [-0.1, -0.05) is 24.3 Å². The first-order valence-corrected chi connectivity index (χ1v) is 8.52. The minimum absolute atomic E-state index is 0.0259. The monoisotopic (exact) mass is 360 g/mol. The minimum atomic E-state index is -0.313. The zero-order valence-corrected chi connectivity index (χ0v) is 15.4. The summed E-state index contributed by atoms with van der Waals surface area (Å²) in [4.78, 5) is 32.7. The molecule has 0 bridgehead atoms. The topological polar surface area (TPSA) is 84.0 Å². The molecule has 0 radical (unpaired) electrons. The predicted molar refractivity (Wildman–Crippen MR) is 106 cm³/mol. The smallest absolute Gasteiger partial charge is 0.274 e. The second-order valence-corrected chi connectivity index (χ2v) is 6.30. The number of hydrogen-bond donors (Lipinski definition) is 2. The number of nitrogens with zero attached hydrogens (tertiary/aromatic N) is 2. The molecule has 136 valence electrons. The second kappa shape index (κ2) is 7.78. The van der Waals surface area contributed by atoms with Crippen molar-refractivity contribution in [2.24, 2.45) is 0 Å². The molecule has 6 heteroatoms. The number of Topliss-reactive ketones (excluding diaryl/α,β-unsaturated/α-hetero) is 1. The summed E-state index contributed by atoms with van der Waals surface area (Å²) in [7, 11) is 0. The van der Waals surface area contributed by atoms with E-state index in [-0.39, 0.29) is 17.4 Å². The molecule has 27 heavy (non-hydrogen) atoms. The van der Waals surface area contributed by atoms with Crippen molar-refractivity contribution in [1.29, 1.82) is 0 Å². The summed E-state index contributed by atoms with van der Waals surface area (Å²) in [6, 6.07) is 16.2. The number of rotatable bonds is 5. The van der Waals surface area contributed by atoms with Gasteiger partial charge in [0.2, 0.25) is 5.95 Å². The first-order chi connectivity index (χ1) is 12.9. The van der Waals surface area contributed by atoms with Gasteiger partial charge in [-0.25, -0.2) is 9.97 Å². The van der Waals surface area contributed by atoms with E-state index in [0.717, 1.165) is 5.56 Å². The van der Waals surface area contributed by atoms with Gasteiger partial charge in [-0.2, -0.15) is 0 Å². The van der Waals surface area contributed by atoms with Crippen LogP contribution in [-0.4, -0.2) is 21.7 Å². The summed E-state index contributed by atoms with van der Waals surface area (Å²) in [6.45, 7) is 5.26. The first-order valence-electron chi connectivity index (χ1n) is 8.52. The van der Waals surface area contributed by atoms with Crippen LogP contribution in [0.4, 0.5) is 17.3 Å². The maximum Gasteiger partial charge on any atom is 0.274 e. The summed E-state index contributed by atoms with van der Waals surface area (Å²) in [5.41, 5.74) is 3.95. The van der Waals surface area contributed by atoms with Crippen LogP contribution in [0.25, 0.3) is 0 Å². The van der Waals surface area contributed by atoms with Gasteiger partial charge in [0.1, 0.15) is 5.69 Å². The Morgan fingerprint density at radius 2 is 1.63 bits per heavy atom. The Hall–Kier alpha value is -3.54. The number of nitrogens with one attached hydrogen (secondary N) is 2. The lowest BCUT2D eigenvalue weighted by molar-refractivity contribution is 0.101. The summed E-state index contributed by atoms with van der Waals surface area (Å²) in [6.07, 6.45) is 0. The fourth-order valence-corrected chi connectivity index (χ4v) is 2.60. The fraction of sp³-hybridized carbons (Fsp3) is 0.143. The number of aromatic nitrogens is 2. The number of benzene rings is 2. The molecule has 0 saturated heterocycles. The average Bonchev–Trinajstić information content (AvgIpc) is 2.61. The van der Waals surface area contributed by atoms with Gasteiger partial charge < -0.3 is 10.6 Å². The standard InChI is InChI=1S/C21H20N4O2/c1-13-6-4-8-17(10-13)23-20(27)19-11-14(2)22-21(25-19)24-18-9-5-7-16(12-18)15(3)26/h4-12H,1-3H3,(H,23,27)(H,22,24,25). The molecule has 0 fully saturated rings. The van der Waals surface area contributed by atoms with E-state index in [1.807, 2.05) is 37.3 Å². The molecule has 0 spiro atoms. The molecule has 1 aromatic heterocycles. The van der Waals surface area contributed by atoms with Crippen LogP contribution < -0.4 is 10.6 Å². The van der Waals surface area contributed by atoms with E-state index in [1.54, 1.807) is 31.2 Å². The lowest BCUT2D eigenvalue weighted by atomic mass is 10.1. The third kappa shape index (κ3) is 4.76. The maximum absolute atomic E-state index is 12.6. The third-order valence-electron chi connectivity index (χ3n) is 3.89. The van der Waals surface area contributed by atoms with Crippen LogP contribution in [0.2, 0.25) is 0 Å². The summed E-state index contributed by atoms with van der Waals surface area (Å²) < 4.78 is 0. The number of carbonyl (C=O) groups excluding carboxylic acids is 2. The molecule has 2 aromatic carbocycles. The van der Waals surface area contributed by atoms with Crippen LogP contribution >= 0.6 is 0 Å². The van der Waals surface area contributed by atoms with Crippen molar-refractivity contribution >= 4 is 29.0 Å². The lowest BCUT2D eigenvalue weighted by Gasteiger charge is -2.10. The SMILES string of the molecule is CC(=O)c1cccc(Nc2nc(C)cc(C(=O)Nc3cccc(C)c3)n2)c1. The molecule has 0 aliphatic heterocycles. The second-order valence-electron chi connectivity index (χ2n) is 6.30. The molecule has 0 aliphatic carbocycles. The molecule has 0 atom stereocenters. The average molecular weight is 360 g/mol. The van der Waals surface area contributed by atoms with Gasteiger partial charge in [-0.05, 0) is 56.7 Å². The van der Waals surface area contributed by atoms with E-state index < -0.39 is 0 Å². The van der Waals surface area contributed by atoms with Crippen molar-refractivity contribution in [3.05, 3.63) is 77.1 Å². The van der Waals surface area contributed by atoms with Crippen molar-refractivity contribution < 1.29 is 9.59 Å². The number of carbonyl (C=O) groups is 2. The highest BCUT2D eigenvalue weighted by Crippen LogP contribution is 2.17. The van der Waals surface area contributed by atoms with Gasteiger partial charge in [0.25, 0.3) is 5.91 Å². The Labute approximate surface area is 157 Å². The molecule has 0 aliphatic rings. The fourth-order valence-electron chi connectivity index (χ4n) is 2.60. The number of ketones is 1. The summed E-state index contributed by atoms with van der Waals surface area (Å²) >= 11 is 0. The van der Waals surface area contributed by atoms with Crippen LogP contribution in [0.3, 0.4) is 0 Å². The Balaban J connectivity index is 1.82. The normalized spacial score (nSPS) is 10.3. The Bertz CT molecular complexity index is 1010. The lowest BCUT2D eigenvalue weighted by Crippen LogP contribution is -2.15. The highest BCUT2D eigenvalue weighted by molar-refractivity contribution is 6.03. The van der Waals surface area contributed by atoms with Crippen molar-refractivity contribution in [1.82, 2.24) is 9.97 Å². The molecule has 3 aromatic rings. The number of amides is 1. The number of anilines is 3. The molecule has 0 unspecified atom stereocenters. The predicted octanol–water partition coefficient (Wildman–Crippen LogP) is 4.29. The number of hydrogen-bond acceptors (Lipinski definition) is 5. The molecule has 6 nitrogen and oxygen atoms in total. The van der Waals surface area contributed by atoms with Gasteiger partial charge in [0, 0.05) is 22.6 Å². The molecule has 0 saturated carbocycles. The van der Waals surface area contributed by atoms with Crippen LogP contribution in [0.15, 0.2) is 54.6 Å². The number of aryl methyl sites for hydroxylation is 2. The Morgan fingerprint density at radius 1 is 0.889 bits per heavy atom. The van der Waals surface area contributed by atoms with Crippen molar-refractivity contribution in [2.45, 2.75) is 20.8 Å². The zero-order chi connectivity index (χ0) is 19.4. The molecule has 2 N–H and O–H groups in total. The summed E-state index contributed by atoms with van der Waals surface area (Å²) in [5, 5.41) is 5.89. The van der Waals surface area contributed by atoms with Crippen LogP contribution in [0.5, 0.6) is 0 Å².